The van der Waals surface area contributed by atoms with Crippen LogP contribution in [0.1, 0.15) is 67.2 Å². The van der Waals surface area contributed by atoms with Crippen LogP contribution in [0.2, 0.25) is 21.2 Å². The van der Waals surface area contributed by atoms with Crippen molar-refractivity contribution in [3.63, 3.8) is 0 Å². The molecule has 0 amide bonds. The van der Waals surface area contributed by atoms with Gasteiger partial charge in [-0.25, -0.2) is 0 Å². The molecule has 0 radical (unpaired) electrons. The van der Waals surface area contributed by atoms with Crippen LogP contribution in [0.3, 0.4) is 0 Å². The Morgan fingerprint density at radius 2 is 0.875 bits per heavy atom. The van der Waals surface area contributed by atoms with E-state index in [1.165, 1.54) is 11.1 Å². The molecule has 1 saturated carbocycles. The van der Waals surface area contributed by atoms with Gasteiger partial charge in [0.05, 0.1) is 0 Å². The molecule has 0 N–H and O–H groups in total. The molecule has 0 aromatic carbocycles. The molecule has 1 aliphatic carbocycles. The van der Waals surface area contributed by atoms with Crippen molar-refractivity contribution in [1.82, 2.24) is 0 Å². The van der Waals surface area contributed by atoms with Gasteiger partial charge < -0.3 is 0 Å². The summed E-state index contributed by atoms with van der Waals surface area (Å²) in [5, 5.41) is 1.36. The SMILES string of the molecule is CC(C)(C)[SiH2]C1CCC([SiH2]C(C)(C)C)CC1. The zero-order valence-corrected chi connectivity index (χ0v) is 15.2. The fourth-order valence-corrected chi connectivity index (χ4v) is 8.60. The zero-order chi connectivity index (χ0) is 12.4. The summed E-state index contributed by atoms with van der Waals surface area (Å²) in [7, 11) is 0.310. The highest BCUT2D eigenvalue weighted by Crippen LogP contribution is 2.42. The van der Waals surface area contributed by atoms with Gasteiger partial charge in [-0.15, -0.1) is 0 Å². The summed E-state index contributed by atoms with van der Waals surface area (Å²) in [5.74, 6) is 0. The van der Waals surface area contributed by atoms with E-state index in [-0.39, 0.29) is 19.0 Å². The van der Waals surface area contributed by atoms with Gasteiger partial charge in [0, 0.05) is 19.0 Å². The highest BCUT2D eigenvalue weighted by atomic mass is 28.2. The molecule has 1 aliphatic rings. The van der Waals surface area contributed by atoms with Crippen LogP contribution in [0, 0.1) is 0 Å². The van der Waals surface area contributed by atoms with E-state index < -0.39 is 0 Å². The molecule has 0 nitrogen and oxygen atoms in total. The molecule has 1 rings (SSSR count). The Bertz CT molecular complexity index is 178. The third-order valence-electron chi connectivity index (χ3n) is 3.77. The molecule has 0 unspecified atom stereocenters. The molecule has 1 fully saturated rings. The average molecular weight is 257 g/mol. The second-order valence-corrected chi connectivity index (χ2v) is 15.8. The van der Waals surface area contributed by atoms with E-state index >= 15 is 0 Å². The third-order valence-corrected chi connectivity index (χ3v) is 9.01. The predicted molar refractivity (Wildman–Crippen MR) is 82.5 cm³/mol. The summed E-state index contributed by atoms with van der Waals surface area (Å²) in [6.45, 7) is 14.7. The first-order valence-corrected chi connectivity index (χ1v) is 10.2. The van der Waals surface area contributed by atoms with Crippen molar-refractivity contribution in [2.24, 2.45) is 0 Å². The fraction of sp³-hybridized carbons (Fsp3) is 1.00. The van der Waals surface area contributed by atoms with Gasteiger partial charge in [0.2, 0.25) is 0 Å². The Hall–Kier alpha value is 0.434. The second-order valence-electron chi connectivity index (χ2n) is 8.42. The van der Waals surface area contributed by atoms with Crippen LogP contribution in [0.5, 0.6) is 0 Å². The summed E-state index contributed by atoms with van der Waals surface area (Å²) in [5.41, 5.74) is 2.34. The number of hydrogen-bond donors (Lipinski definition) is 0. The van der Waals surface area contributed by atoms with Crippen molar-refractivity contribution >= 4 is 19.0 Å². The van der Waals surface area contributed by atoms with E-state index in [1.54, 1.807) is 25.7 Å². The minimum atomic E-state index is 0.155. The molecule has 0 heterocycles. The van der Waals surface area contributed by atoms with Gasteiger partial charge >= 0.3 is 0 Å². The van der Waals surface area contributed by atoms with Crippen LogP contribution < -0.4 is 0 Å². The summed E-state index contributed by atoms with van der Waals surface area (Å²) < 4.78 is 0. The lowest BCUT2D eigenvalue weighted by Gasteiger charge is -2.34. The maximum absolute atomic E-state index is 2.45. The van der Waals surface area contributed by atoms with E-state index in [1.807, 2.05) is 0 Å². The monoisotopic (exact) mass is 256 g/mol. The smallest absolute Gasteiger partial charge is 0.0292 e. The Balaban J connectivity index is 2.29. The lowest BCUT2D eigenvalue weighted by Crippen LogP contribution is -2.23. The maximum Gasteiger partial charge on any atom is 0.0292 e. The molecule has 16 heavy (non-hydrogen) atoms. The zero-order valence-electron chi connectivity index (χ0n) is 12.4. The van der Waals surface area contributed by atoms with Crippen molar-refractivity contribution in [2.45, 2.75) is 88.4 Å². The normalized spacial score (nSPS) is 29.6. The van der Waals surface area contributed by atoms with E-state index in [0.717, 1.165) is 0 Å². The highest BCUT2D eigenvalue weighted by molar-refractivity contribution is 6.43. The van der Waals surface area contributed by atoms with Crippen molar-refractivity contribution in [2.75, 3.05) is 0 Å². The summed E-state index contributed by atoms with van der Waals surface area (Å²) in [4.78, 5) is 0. The standard InChI is InChI=1S/C14H32Si2/c1-13(2,3)15-11-7-9-12(10-8-11)16-14(4,5)6/h11-12H,7-10,15-16H2,1-6H3. The molecule has 0 saturated heterocycles. The molecule has 0 aliphatic heterocycles. The van der Waals surface area contributed by atoms with E-state index in [4.69, 9.17) is 0 Å². The third kappa shape index (κ3) is 6.24. The molecule has 0 atom stereocenters. The fourth-order valence-electron chi connectivity index (χ4n) is 3.37. The molecule has 0 aromatic heterocycles. The van der Waals surface area contributed by atoms with Gasteiger partial charge in [-0.2, -0.15) is 0 Å². The Kier molecular flexibility index (Phi) is 4.88. The van der Waals surface area contributed by atoms with E-state index in [9.17, 15) is 0 Å². The molecule has 96 valence electrons. The van der Waals surface area contributed by atoms with Gasteiger partial charge in [0.25, 0.3) is 0 Å². The lowest BCUT2D eigenvalue weighted by atomic mass is 9.99. The second kappa shape index (κ2) is 5.39. The minimum absolute atomic E-state index is 0.155. The molecule has 0 spiro atoms. The van der Waals surface area contributed by atoms with Crippen molar-refractivity contribution in [3.8, 4) is 0 Å². The summed E-state index contributed by atoms with van der Waals surface area (Å²) in [6, 6.07) is 0. The number of hydrogen-bond acceptors (Lipinski definition) is 0. The number of rotatable bonds is 2. The molecular weight excluding hydrogens is 224 g/mol. The summed E-state index contributed by atoms with van der Waals surface area (Å²) in [6.07, 6.45) is 6.32. The molecule has 2 heteroatoms. The van der Waals surface area contributed by atoms with Crippen molar-refractivity contribution in [1.29, 1.82) is 0 Å². The van der Waals surface area contributed by atoms with Crippen LogP contribution in [-0.2, 0) is 0 Å². The van der Waals surface area contributed by atoms with Crippen LogP contribution in [-0.4, -0.2) is 19.0 Å². The lowest BCUT2D eigenvalue weighted by molar-refractivity contribution is 0.482. The first-order valence-electron chi connectivity index (χ1n) is 7.16. The van der Waals surface area contributed by atoms with Gasteiger partial charge in [-0.3, -0.25) is 0 Å². The van der Waals surface area contributed by atoms with E-state index in [0.29, 0.717) is 10.1 Å². The Morgan fingerprint density at radius 3 is 1.06 bits per heavy atom. The first-order chi connectivity index (χ1) is 7.16. The average Bonchev–Trinajstić information content (AvgIpc) is 2.03. The van der Waals surface area contributed by atoms with Crippen molar-refractivity contribution in [3.05, 3.63) is 0 Å². The molecule has 0 bridgehead atoms. The van der Waals surface area contributed by atoms with Crippen LogP contribution in [0.4, 0.5) is 0 Å². The van der Waals surface area contributed by atoms with Gasteiger partial charge in [0.15, 0.2) is 0 Å². The van der Waals surface area contributed by atoms with Crippen molar-refractivity contribution < 1.29 is 0 Å². The van der Waals surface area contributed by atoms with Gasteiger partial charge in [-0.1, -0.05) is 78.3 Å². The highest BCUT2D eigenvalue weighted by Gasteiger charge is 2.27. The maximum atomic E-state index is 2.45. The molecular formula is C14H32Si2. The van der Waals surface area contributed by atoms with Crippen LogP contribution in [0.25, 0.3) is 0 Å². The van der Waals surface area contributed by atoms with E-state index in [2.05, 4.69) is 41.5 Å². The summed E-state index contributed by atoms with van der Waals surface area (Å²) >= 11 is 0. The first kappa shape index (κ1) is 14.5. The van der Waals surface area contributed by atoms with Crippen LogP contribution >= 0.6 is 0 Å². The largest absolute Gasteiger partial charge is 0.0631 e. The minimum Gasteiger partial charge on any atom is -0.0631 e. The predicted octanol–water partition coefficient (Wildman–Crippen LogP) is 3.91. The van der Waals surface area contributed by atoms with Crippen LogP contribution in [0.15, 0.2) is 0 Å². The van der Waals surface area contributed by atoms with Gasteiger partial charge in [0.1, 0.15) is 0 Å². The topological polar surface area (TPSA) is 0 Å². The Labute approximate surface area is 108 Å². The quantitative estimate of drug-likeness (QED) is 0.657. The molecule has 0 aromatic rings. The Morgan fingerprint density at radius 1 is 0.625 bits per heavy atom. The van der Waals surface area contributed by atoms with Gasteiger partial charge in [-0.05, 0) is 10.1 Å².